The van der Waals surface area contributed by atoms with Crippen LogP contribution in [0.3, 0.4) is 0 Å². The molecule has 21 heavy (non-hydrogen) atoms. The second-order valence-electron chi connectivity index (χ2n) is 6.27. The van der Waals surface area contributed by atoms with E-state index >= 15 is 0 Å². The Morgan fingerprint density at radius 2 is 1.86 bits per heavy atom. The lowest BCUT2D eigenvalue weighted by Crippen LogP contribution is -2.35. The third-order valence-electron chi connectivity index (χ3n) is 3.05. The van der Waals surface area contributed by atoms with Crippen LogP contribution in [0.1, 0.15) is 31.9 Å². The van der Waals surface area contributed by atoms with Crippen LogP contribution < -0.4 is 5.32 Å². The van der Waals surface area contributed by atoms with Gasteiger partial charge in [-0.25, -0.2) is 0 Å². The topological polar surface area (TPSA) is 12.0 Å². The van der Waals surface area contributed by atoms with Gasteiger partial charge in [-0.15, -0.1) is 0 Å². The molecule has 0 saturated heterocycles. The number of benzene rings is 2. The average Bonchev–Trinajstić information content (AvgIpc) is 2.38. The van der Waals surface area contributed by atoms with Crippen molar-refractivity contribution >= 4 is 23.4 Å². The van der Waals surface area contributed by atoms with Crippen molar-refractivity contribution in [1.29, 1.82) is 0 Å². The predicted octanol–water partition coefficient (Wildman–Crippen LogP) is 5.69. The predicted molar refractivity (Wildman–Crippen MR) is 93.3 cm³/mol. The lowest BCUT2D eigenvalue weighted by molar-refractivity contribution is 0.422. The maximum atomic E-state index is 6.16. The fourth-order valence-electron chi connectivity index (χ4n) is 1.95. The number of nitrogens with one attached hydrogen (secondary N) is 1. The number of hydrogen-bond acceptors (Lipinski definition) is 2. The van der Waals surface area contributed by atoms with Crippen LogP contribution in [0.15, 0.2) is 52.3 Å². The Morgan fingerprint density at radius 1 is 1.10 bits per heavy atom. The summed E-state index contributed by atoms with van der Waals surface area (Å²) in [5.74, 6) is 0. The van der Waals surface area contributed by atoms with Crippen molar-refractivity contribution in [3.63, 3.8) is 0 Å². The minimum Gasteiger partial charge on any atom is -0.308 e. The quantitative estimate of drug-likeness (QED) is 0.777. The number of aryl methyl sites for hydroxylation is 1. The van der Waals surface area contributed by atoms with Crippen molar-refractivity contribution in [3.05, 3.63) is 58.6 Å². The molecule has 0 bridgehead atoms. The minimum atomic E-state index is 0.0909. The van der Waals surface area contributed by atoms with Crippen molar-refractivity contribution in [2.24, 2.45) is 0 Å². The largest absolute Gasteiger partial charge is 0.308 e. The summed E-state index contributed by atoms with van der Waals surface area (Å²) in [4.78, 5) is 2.51. The fraction of sp³-hybridized carbons (Fsp3) is 0.333. The summed E-state index contributed by atoms with van der Waals surface area (Å²) in [5.41, 5.74) is 2.61. The lowest BCUT2D eigenvalue weighted by Gasteiger charge is -2.21. The van der Waals surface area contributed by atoms with Gasteiger partial charge in [0.25, 0.3) is 0 Å². The molecule has 0 aliphatic heterocycles. The molecule has 3 heteroatoms. The maximum Gasteiger partial charge on any atom is 0.0410 e. The van der Waals surface area contributed by atoms with Crippen LogP contribution in [0.25, 0.3) is 0 Å². The van der Waals surface area contributed by atoms with Crippen LogP contribution in [-0.4, -0.2) is 5.54 Å². The van der Waals surface area contributed by atoms with Gasteiger partial charge in [-0.05, 0) is 63.6 Å². The monoisotopic (exact) mass is 319 g/mol. The second kappa shape index (κ2) is 6.87. The molecule has 0 amide bonds. The molecule has 0 aromatic heterocycles. The van der Waals surface area contributed by atoms with Crippen LogP contribution in [-0.2, 0) is 6.54 Å². The van der Waals surface area contributed by atoms with E-state index in [0.29, 0.717) is 0 Å². The Balaban J connectivity index is 2.22. The molecule has 0 heterocycles. The zero-order valence-corrected chi connectivity index (χ0v) is 14.6. The van der Waals surface area contributed by atoms with E-state index in [2.05, 4.69) is 69.4 Å². The molecule has 0 aliphatic carbocycles. The van der Waals surface area contributed by atoms with Crippen molar-refractivity contribution in [2.75, 3.05) is 0 Å². The van der Waals surface area contributed by atoms with Crippen LogP contribution in [0.2, 0.25) is 5.02 Å². The molecule has 2 aromatic carbocycles. The normalized spacial score (nSPS) is 11.7. The average molecular weight is 320 g/mol. The molecule has 2 aromatic rings. The van der Waals surface area contributed by atoms with Crippen molar-refractivity contribution in [1.82, 2.24) is 5.32 Å². The highest BCUT2D eigenvalue weighted by Gasteiger charge is 2.11. The highest BCUT2D eigenvalue weighted by Crippen LogP contribution is 2.32. The fourth-order valence-corrected chi connectivity index (χ4v) is 3.19. The molecule has 112 valence electrons. The summed E-state index contributed by atoms with van der Waals surface area (Å²) < 4.78 is 0. The molecule has 0 aliphatic rings. The second-order valence-corrected chi connectivity index (χ2v) is 7.83. The Morgan fingerprint density at radius 3 is 2.52 bits per heavy atom. The van der Waals surface area contributed by atoms with Gasteiger partial charge in [0.1, 0.15) is 0 Å². The van der Waals surface area contributed by atoms with Gasteiger partial charge in [0.05, 0.1) is 0 Å². The summed E-state index contributed by atoms with van der Waals surface area (Å²) in [6.07, 6.45) is 0. The van der Waals surface area contributed by atoms with E-state index in [1.807, 2.05) is 6.07 Å². The number of rotatable bonds is 4. The molecule has 0 fully saturated rings. The van der Waals surface area contributed by atoms with Gasteiger partial charge in [0.2, 0.25) is 0 Å². The Bertz CT molecular complexity index is 617. The molecule has 0 saturated carbocycles. The summed E-state index contributed by atoms with van der Waals surface area (Å²) in [6, 6.07) is 14.7. The van der Waals surface area contributed by atoms with Gasteiger partial charge in [0, 0.05) is 26.9 Å². The number of halogens is 1. The molecule has 0 radical (unpaired) electrons. The van der Waals surface area contributed by atoms with E-state index in [-0.39, 0.29) is 5.54 Å². The first kappa shape index (κ1) is 16.4. The number of hydrogen-bond donors (Lipinski definition) is 1. The van der Waals surface area contributed by atoms with Gasteiger partial charge >= 0.3 is 0 Å². The van der Waals surface area contributed by atoms with Crippen LogP contribution in [0.5, 0.6) is 0 Å². The molecule has 0 spiro atoms. The standard InChI is InChI=1S/C18H22ClNS/c1-13-6-5-7-16(10-13)21-17-9-8-15(19)11-14(17)12-20-18(2,3)4/h5-11,20H,12H2,1-4H3. The van der Waals surface area contributed by atoms with Crippen LogP contribution in [0, 0.1) is 6.92 Å². The SMILES string of the molecule is Cc1cccc(Sc2ccc(Cl)cc2CNC(C)(C)C)c1. The van der Waals surface area contributed by atoms with E-state index in [1.165, 1.54) is 20.9 Å². The molecule has 0 atom stereocenters. The first-order chi connectivity index (χ1) is 9.83. The smallest absolute Gasteiger partial charge is 0.0410 e. The first-order valence-electron chi connectivity index (χ1n) is 7.11. The van der Waals surface area contributed by atoms with E-state index in [0.717, 1.165) is 11.6 Å². The Hall–Kier alpha value is -0.960. The molecule has 1 nitrogen and oxygen atoms in total. The summed E-state index contributed by atoms with van der Waals surface area (Å²) in [6.45, 7) is 9.45. The van der Waals surface area contributed by atoms with Gasteiger partial charge in [0.15, 0.2) is 0 Å². The molecule has 1 N–H and O–H groups in total. The van der Waals surface area contributed by atoms with Crippen molar-refractivity contribution < 1.29 is 0 Å². The van der Waals surface area contributed by atoms with Gasteiger partial charge < -0.3 is 5.32 Å². The van der Waals surface area contributed by atoms with E-state index in [9.17, 15) is 0 Å². The Kier molecular flexibility index (Phi) is 5.37. The first-order valence-corrected chi connectivity index (χ1v) is 8.31. The maximum absolute atomic E-state index is 6.16. The summed E-state index contributed by atoms with van der Waals surface area (Å²) in [5, 5.41) is 4.32. The zero-order valence-electron chi connectivity index (χ0n) is 13.0. The van der Waals surface area contributed by atoms with E-state index in [4.69, 9.17) is 11.6 Å². The zero-order chi connectivity index (χ0) is 15.5. The van der Waals surface area contributed by atoms with Crippen molar-refractivity contribution in [2.45, 2.75) is 49.6 Å². The minimum absolute atomic E-state index is 0.0909. The molecular weight excluding hydrogens is 298 g/mol. The Labute approximate surface area is 137 Å². The van der Waals surface area contributed by atoms with Gasteiger partial charge in [-0.1, -0.05) is 41.1 Å². The third kappa shape index (κ3) is 5.39. The van der Waals surface area contributed by atoms with Crippen LogP contribution >= 0.6 is 23.4 Å². The van der Waals surface area contributed by atoms with E-state index < -0.39 is 0 Å². The van der Waals surface area contributed by atoms with E-state index in [1.54, 1.807) is 11.8 Å². The summed E-state index contributed by atoms with van der Waals surface area (Å²) >= 11 is 7.95. The molecule has 0 unspecified atom stereocenters. The highest BCUT2D eigenvalue weighted by atomic mass is 35.5. The highest BCUT2D eigenvalue weighted by molar-refractivity contribution is 7.99. The molecular formula is C18H22ClNS. The summed E-state index contributed by atoms with van der Waals surface area (Å²) in [7, 11) is 0. The molecule has 2 rings (SSSR count). The van der Waals surface area contributed by atoms with Crippen LogP contribution in [0.4, 0.5) is 0 Å². The van der Waals surface area contributed by atoms with Gasteiger partial charge in [-0.2, -0.15) is 0 Å². The van der Waals surface area contributed by atoms with Gasteiger partial charge in [-0.3, -0.25) is 0 Å². The van der Waals surface area contributed by atoms with Crippen molar-refractivity contribution in [3.8, 4) is 0 Å². The lowest BCUT2D eigenvalue weighted by atomic mass is 10.1. The third-order valence-corrected chi connectivity index (χ3v) is 4.39.